The number of ether oxygens (including phenoxy) is 1. The van der Waals surface area contributed by atoms with Crippen molar-refractivity contribution in [2.75, 3.05) is 12.4 Å². The normalized spacial score (nSPS) is 19.5. The smallest absolute Gasteiger partial charge is 0.123 e. The standard InChI is InChI=1S/C12H15ClN2OS/c13-8-3-4-11(10(6-8)12(14)15)17-7-9-2-1-5-16-9/h3-4,6,9H,1-2,5,7H2,(H3,14,15). The second-order valence-corrected chi connectivity index (χ2v) is 5.50. The SMILES string of the molecule is N=C(N)c1cc(Cl)ccc1SCC1CCCO1. The predicted molar refractivity (Wildman–Crippen MR) is 72.2 cm³/mol. The van der Waals surface area contributed by atoms with Crippen LogP contribution in [0.2, 0.25) is 5.02 Å². The van der Waals surface area contributed by atoms with Gasteiger partial charge in [-0.3, -0.25) is 5.41 Å². The van der Waals surface area contributed by atoms with E-state index in [0.717, 1.165) is 30.1 Å². The molecule has 3 N–H and O–H groups in total. The molecule has 1 aliphatic heterocycles. The summed E-state index contributed by atoms with van der Waals surface area (Å²) in [6.07, 6.45) is 2.59. The molecule has 17 heavy (non-hydrogen) atoms. The van der Waals surface area contributed by atoms with Crippen molar-refractivity contribution < 1.29 is 4.74 Å². The molecule has 92 valence electrons. The summed E-state index contributed by atoms with van der Waals surface area (Å²) in [5, 5.41) is 8.14. The summed E-state index contributed by atoms with van der Waals surface area (Å²) in [5.41, 5.74) is 6.26. The molecule has 1 aromatic carbocycles. The summed E-state index contributed by atoms with van der Waals surface area (Å²) in [6, 6.07) is 5.48. The van der Waals surface area contributed by atoms with E-state index in [1.54, 1.807) is 17.8 Å². The molecule has 1 unspecified atom stereocenters. The lowest BCUT2D eigenvalue weighted by molar-refractivity contribution is 0.129. The van der Waals surface area contributed by atoms with Gasteiger partial charge in [-0.15, -0.1) is 11.8 Å². The predicted octanol–water partition coefficient (Wildman–Crippen LogP) is 2.90. The van der Waals surface area contributed by atoms with E-state index in [9.17, 15) is 0 Å². The second kappa shape index (κ2) is 5.76. The Bertz CT molecular complexity index is 419. The van der Waals surface area contributed by atoms with Crippen LogP contribution >= 0.6 is 23.4 Å². The Labute approximate surface area is 110 Å². The molecular weight excluding hydrogens is 256 g/mol. The molecule has 0 aliphatic carbocycles. The molecule has 0 saturated carbocycles. The van der Waals surface area contributed by atoms with E-state index in [4.69, 9.17) is 27.5 Å². The zero-order valence-corrected chi connectivity index (χ0v) is 11.0. The lowest BCUT2D eigenvalue weighted by Gasteiger charge is -2.11. The number of nitrogens with one attached hydrogen (secondary N) is 1. The van der Waals surface area contributed by atoms with E-state index in [0.29, 0.717) is 16.7 Å². The van der Waals surface area contributed by atoms with Crippen molar-refractivity contribution in [2.24, 2.45) is 5.73 Å². The fraction of sp³-hybridized carbons (Fsp3) is 0.417. The average Bonchev–Trinajstić information content (AvgIpc) is 2.80. The summed E-state index contributed by atoms with van der Waals surface area (Å²) >= 11 is 7.58. The van der Waals surface area contributed by atoms with Gasteiger partial charge in [-0.25, -0.2) is 0 Å². The fourth-order valence-corrected chi connectivity index (χ4v) is 3.09. The molecule has 1 saturated heterocycles. The number of thioether (sulfide) groups is 1. The monoisotopic (exact) mass is 270 g/mol. The van der Waals surface area contributed by atoms with E-state index >= 15 is 0 Å². The van der Waals surface area contributed by atoms with Crippen LogP contribution in [0.5, 0.6) is 0 Å². The third kappa shape index (κ3) is 3.37. The first-order chi connectivity index (χ1) is 8.16. The maximum absolute atomic E-state index is 7.54. The lowest BCUT2D eigenvalue weighted by atomic mass is 10.2. The van der Waals surface area contributed by atoms with Crippen LogP contribution in [-0.4, -0.2) is 24.3 Å². The third-order valence-electron chi connectivity index (χ3n) is 2.68. The van der Waals surface area contributed by atoms with Gasteiger partial charge in [-0.2, -0.15) is 0 Å². The van der Waals surface area contributed by atoms with Crippen LogP contribution in [0.25, 0.3) is 0 Å². The summed E-state index contributed by atoms with van der Waals surface area (Å²) < 4.78 is 5.57. The molecule has 1 aromatic rings. The Hall–Kier alpha value is -0.710. The van der Waals surface area contributed by atoms with Crippen LogP contribution in [0.1, 0.15) is 18.4 Å². The average molecular weight is 271 g/mol. The number of hydrogen-bond donors (Lipinski definition) is 2. The highest BCUT2D eigenvalue weighted by Crippen LogP contribution is 2.28. The van der Waals surface area contributed by atoms with Crippen molar-refractivity contribution in [2.45, 2.75) is 23.8 Å². The number of benzene rings is 1. The molecule has 0 bridgehead atoms. The molecular formula is C12H15ClN2OS. The second-order valence-electron chi connectivity index (χ2n) is 4.00. The van der Waals surface area contributed by atoms with Gasteiger partial charge in [0.05, 0.1) is 6.10 Å². The summed E-state index contributed by atoms with van der Waals surface area (Å²) in [6.45, 7) is 0.866. The summed E-state index contributed by atoms with van der Waals surface area (Å²) in [4.78, 5) is 0.998. The highest BCUT2D eigenvalue weighted by atomic mass is 35.5. The van der Waals surface area contributed by atoms with Gasteiger partial charge in [0, 0.05) is 27.8 Å². The van der Waals surface area contributed by atoms with E-state index in [2.05, 4.69) is 0 Å². The summed E-state index contributed by atoms with van der Waals surface area (Å²) in [5.74, 6) is 0.962. The van der Waals surface area contributed by atoms with E-state index in [1.165, 1.54) is 0 Å². The van der Waals surface area contributed by atoms with E-state index in [-0.39, 0.29) is 5.84 Å². The molecule has 5 heteroatoms. The minimum Gasteiger partial charge on any atom is -0.384 e. The van der Waals surface area contributed by atoms with Crippen molar-refractivity contribution in [1.82, 2.24) is 0 Å². The van der Waals surface area contributed by atoms with Crippen molar-refractivity contribution in [3.8, 4) is 0 Å². The molecule has 0 spiro atoms. The number of rotatable bonds is 4. The van der Waals surface area contributed by atoms with Gasteiger partial charge < -0.3 is 10.5 Å². The fourth-order valence-electron chi connectivity index (χ4n) is 1.80. The van der Waals surface area contributed by atoms with Gasteiger partial charge >= 0.3 is 0 Å². The first kappa shape index (κ1) is 12.7. The number of nitrogen functional groups attached to an aromatic ring is 1. The quantitative estimate of drug-likeness (QED) is 0.502. The van der Waals surface area contributed by atoms with Crippen LogP contribution in [0.3, 0.4) is 0 Å². The Morgan fingerprint density at radius 3 is 3.06 bits per heavy atom. The minimum absolute atomic E-state index is 0.0577. The van der Waals surface area contributed by atoms with Crippen molar-refractivity contribution >= 4 is 29.2 Å². The zero-order chi connectivity index (χ0) is 12.3. The Morgan fingerprint density at radius 1 is 1.59 bits per heavy atom. The Morgan fingerprint density at radius 2 is 2.41 bits per heavy atom. The maximum Gasteiger partial charge on any atom is 0.123 e. The minimum atomic E-state index is 0.0577. The Balaban J connectivity index is 2.06. The molecule has 1 atom stereocenters. The van der Waals surface area contributed by atoms with Gasteiger partial charge in [-0.05, 0) is 31.0 Å². The van der Waals surface area contributed by atoms with Gasteiger partial charge in [0.25, 0.3) is 0 Å². The van der Waals surface area contributed by atoms with Crippen LogP contribution in [0, 0.1) is 5.41 Å². The third-order valence-corrected chi connectivity index (χ3v) is 4.12. The molecule has 0 aromatic heterocycles. The molecule has 3 nitrogen and oxygen atoms in total. The molecule has 1 fully saturated rings. The first-order valence-corrected chi connectivity index (χ1v) is 6.91. The van der Waals surface area contributed by atoms with Gasteiger partial charge in [0.2, 0.25) is 0 Å². The topological polar surface area (TPSA) is 59.1 Å². The number of amidine groups is 1. The highest BCUT2D eigenvalue weighted by molar-refractivity contribution is 7.99. The zero-order valence-electron chi connectivity index (χ0n) is 9.41. The molecule has 0 amide bonds. The number of halogens is 1. The van der Waals surface area contributed by atoms with Gasteiger partial charge in [-0.1, -0.05) is 11.6 Å². The number of nitrogens with two attached hydrogens (primary N) is 1. The maximum atomic E-state index is 7.54. The molecule has 0 radical (unpaired) electrons. The number of hydrogen-bond acceptors (Lipinski definition) is 3. The van der Waals surface area contributed by atoms with Crippen LogP contribution in [-0.2, 0) is 4.74 Å². The van der Waals surface area contributed by atoms with Crippen LogP contribution in [0.15, 0.2) is 23.1 Å². The van der Waals surface area contributed by atoms with Crippen molar-refractivity contribution in [3.63, 3.8) is 0 Å². The largest absolute Gasteiger partial charge is 0.384 e. The lowest BCUT2D eigenvalue weighted by Crippen LogP contribution is -2.13. The van der Waals surface area contributed by atoms with Crippen LogP contribution < -0.4 is 5.73 Å². The molecule has 2 rings (SSSR count). The van der Waals surface area contributed by atoms with Crippen LogP contribution in [0.4, 0.5) is 0 Å². The van der Waals surface area contributed by atoms with Gasteiger partial charge in [0.15, 0.2) is 0 Å². The molecule has 1 aliphatic rings. The van der Waals surface area contributed by atoms with Crippen molar-refractivity contribution in [1.29, 1.82) is 5.41 Å². The van der Waals surface area contributed by atoms with Gasteiger partial charge in [0.1, 0.15) is 5.84 Å². The first-order valence-electron chi connectivity index (χ1n) is 5.55. The summed E-state index contributed by atoms with van der Waals surface area (Å²) in [7, 11) is 0. The molecule has 1 heterocycles. The van der Waals surface area contributed by atoms with E-state index in [1.807, 2.05) is 12.1 Å². The highest BCUT2D eigenvalue weighted by Gasteiger charge is 2.16. The Kier molecular flexibility index (Phi) is 4.31. The van der Waals surface area contributed by atoms with Crippen molar-refractivity contribution in [3.05, 3.63) is 28.8 Å². The van der Waals surface area contributed by atoms with E-state index < -0.39 is 0 Å².